The summed E-state index contributed by atoms with van der Waals surface area (Å²) in [5.74, 6) is 2.36. The highest BCUT2D eigenvalue weighted by molar-refractivity contribution is 5.76. The Hall–Kier alpha value is -2.70. The van der Waals surface area contributed by atoms with Crippen molar-refractivity contribution in [2.75, 3.05) is 13.1 Å². The fourth-order valence-electron chi connectivity index (χ4n) is 6.00. The number of aryl methyl sites for hydroxylation is 2. The van der Waals surface area contributed by atoms with Crippen LogP contribution >= 0.6 is 0 Å². The summed E-state index contributed by atoms with van der Waals surface area (Å²) in [5.41, 5.74) is 4.65. The van der Waals surface area contributed by atoms with E-state index in [0.717, 1.165) is 24.1 Å². The molecule has 0 bridgehead atoms. The molecule has 6 rings (SSSR count). The van der Waals surface area contributed by atoms with E-state index in [4.69, 9.17) is 9.97 Å². The van der Waals surface area contributed by atoms with Crippen LogP contribution in [0.4, 0.5) is 0 Å². The zero-order valence-electron chi connectivity index (χ0n) is 19.1. The van der Waals surface area contributed by atoms with Crippen molar-refractivity contribution in [2.45, 2.75) is 50.9 Å². The first-order valence-electron chi connectivity index (χ1n) is 12.0. The van der Waals surface area contributed by atoms with Crippen LogP contribution in [-0.2, 0) is 27.2 Å². The van der Waals surface area contributed by atoms with Gasteiger partial charge in [0.15, 0.2) is 0 Å². The normalized spacial score (nSPS) is 22.6. The van der Waals surface area contributed by atoms with Gasteiger partial charge in [0.05, 0.1) is 35.2 Å². The molecular weight excluding hydrogens is 396 g/mol. The van der Waals surface area contributed by atoms with Gasteiger partial charge in [-0.25, -0.2) is 9.97 Å². The van der Waals surface area contributed by atoms with E-state index in [-0.39, 0.29) is 0 Å². The molecule has 0 N–H and O–H groups in total. The fraction of sp³-hybridized carbons (Fsp3) is 0.462. The number of hydrogen-bond acceptors (Lipinski definition) is 4. The number of likely N-dealkylation sites (tertiary alicyclic amines) is 2. The summed E-state index contributed by atoms with van der Waals surface area (Å²) in [6.07, 6.45) is 5.14. The molecule has 0 spiro atoms. The molecule has 6 heteroatoms. The molecule has 2 fully saturated rings. The standard InChI is InChI=1S/C26H32N6/c1-29-21-11-5-3-9-19(21)27-25(29)17-31-15-7-13-23(31)24-14-8-16-32(24)18-26-28-20-10-4-6-12-22(20)30(26)2/h3-6,9-12,23-24H,7-8,13-18H2,1-2H3/t23-,24?/m0/s1. The molecule has 166 valence electrons. The fourth-order valence-corrected chi connectivity index (χ4v) is 6.00. The molecule has 0 saturated carbocycles. The van der Waals surface area contributed by atoms with Gasteiger partial charge in [0.1, 0.15) is 11.6 Å². The van der Waals surface area contributed by atoms with E-state index in [0.29, 0.717) is 12.1 Å². The van der Waals surface area contributed by atoms with E-state index < -0.39 is 0 Å². The van der Waals surface area contributed by atoms with Crippen LogP contribution in [0, 0.1) is 0 Å². The molecule has 2 aliphatic heterocycles. The second-order valence-corrected chi connectivity index (χ2v) is 9.51. The molecule has 6 nitrogen and oxygen atoms in total. The van der Waals surface area contributed by atoms with Crippen molar-refractivity contribution in [3.05, 3.63) is 60.2 Å². The largest absolute Gasteiger partial charge is 0.330 e. The van der Waals surface area contributed by atoms with Crippen LogP contribution in [0.2, 0.25) is 0 Å². The van der Waals surface area contributed by atoms with Crippen LogP contribution < -0.4 is 0 Å². The quantitative estimate of drug-likeness (QED) is 0.480. The monoisotopic (exact) mass is 428 g/mol. The third kappa shape index (κ3) is 3.33. The van der Waals surface area contributed by atoms with Crippen LogP contribution in [0.1, 0.15) is 37.3 Å². The van der Waals surface area contributed by atoms with Gasteiger partial charge in [0.2, 0.25) is 0 Å². The SMILES string of the molecule is Cn1c(CN2CCCC2[C@@H]2CCCN2Cc2nc3ccccc3n2C)nc2ccccc21. The second-order valence-electron chi connectivity index (χ2n) is 9.51. The number of benzene rings is 2. The molecule has 1 unspecified atom stereocenters. The summed E-state index contributed by atoms with van der Waals surface area (Å²) in [4.78, 5) is 15.3. The summed E-state index contributed by atoms with van der Waals surface area (Å²) >= 11 is 0. The number of para-hydroxylation sites is 4. The van der Waals surface area contributed by atoms with Crippen molar-refractivity contribution in [3.8, 4) is 0 Å². The molecule has 0 aliphatic carbocycles. The Morgan fingerprint density at radius 3 is 1.56 bits per heavy atom. The number of hydrogen-bond donors (Lipinski definition) is 0. The minimum Gasteiger partial charge on any atom is -0.330 e. The van der Waals surface area contributed by atoms with Gasteiger partial charge in [0, 0.05) is 26.2 Å². The lowest BCUT2D eigenvalue weighted by molar-refractivity contribution is 0.119. The Kier molecular flexibility index (Phi) is 5.00. The summed E-state index contributed by atoms with van der Waals surface area (Å²) < 4.78 is 4.55. The van der Waals surface area contributed by atoms with Gasteiger partial charge in [-0.1, -0.05) is 24.3 Å². The minimum atomic E-state index is 0.604. The first-order chi connectivity index (χ1) is 15.7. The van der Waals surface area contributed by atoms with Crippen molar-refractivity contribution in [1.82, 2.24) is 28.9 Å². The topological polar surface area (TPSA) is 42.1 Å². The van der Waals surface area contributed by atoms with Gasteiger partial charge in [-0.3, -0.25) is 9.80 Å². The van der Waals surface area contributed by atoms with Crippen molar-refractivity contribution in [1.29, 1.82) is 0 Å². The molecule has 0 amide bonds. The summed E-state index contributed by atoms with van der Waals surface area (Å²) in [6, 6.07) is 18.1. The van der Waals surface area contributed by atoms with E-state index in [9.17, 15) is 0 Å². The van der Waals surface area contributed by atoms with Crippen molar-refractivity contribution < 1.29 is 0 Å². The summed E-state index contributed by atoms with van der Waals surface area (Å²) in [6.45, 7) is 4.22. The molecule has 2 atom stereocenters. The number of rotatable bonds is 5. The van der Waals surface area contributed by atoms with E-state index in [1.54, 1.807) is 0 Å². The highest BCUT2D eigenvalue weighted by Crippen LogP contribution is 2.32. The summed E-state index contributed by atoms with van der Waals surface area (Å²) in [7, 11) is 4.31. The van der Waals surface area contributed by atoms with Crippen LogP contribution in [0.15, 0.2) is 48.5 Å². The highest BCUT2D eigenvalue weighted by Gasteiger charge is 2.38. The van der Waals surface area contributed by atoms with Crippen molar-refractivity contribution in [3.63, 3.8) is 0 Å². The predicted octanol–water partition coefficient (Wildman–Crippen LogP) is 4.09. The van der Waals surface area contributed by atoms with E-state index in [2.05, 4.69) is 81.6 Å². The van der Waals surface area contributed by atoms with Gasteiger partial charge >= 0.3 is 0 Å². The molecular formula is C26H32N6. The van der Waals surface area contributed by atoms with E-state index >= 15 is 0 Å². The number of imidazole rings is 2. The molecule has 2 saturated heterocycles. The molecule has 2 aliphatic rings. The van der Waals surface area contributed by atoms with Crippen molar-refractivity contribution >= 4 is 22.1 Å². The molecule has 32 heavy (non-hydrogen) atoms. The molecule has 0 radical (unpaired) electrons. The number of nitrogens with zero attached hydrogens (tertiary/aromatic N) is 6. The van der Waals surface area contributed by atoms with Gasteiger partial charge in [-0.05, 0) is 63.0 Å². The van der Waals surface area contributed by atoms with Gasteiger partial charge in [-0.15, -0.1) is 0 Å². The van der Waals surface area contributed by atoms with Crippen LogP contribution in [-0.4, -0.2) is 54.1 Å². The van der Waals surface area contributed by atoms with Gasteiger partial charge < -0.3 is 9.13 Å². The van der Waals surface area contributed by atoms with Crippen LogP contribution in [0.5, 0.6) is 0 Å². The lowest BCUT2D eigenvalue weighted by atomic mass is 10.0. The lowest BCUT2D eigenvalue weighted by Crippen LogP contribution is -2.46. The Balaban J connectivity index is 1.22. The molecule has 4 heterocycles. The maximum absolute atomic E-state index is 4.95. The Morgan fingerprint density at radius 1 is 0.688 bits per heavy atom. The number of fused-ring (bicyclic) bond motifs is 2. The lowest BCUT2D eigenvalue weighted by Gasteiger charge is -2.34. The van der Waals surface area contributed by atoms with E-state index in [1.807, 2.05) is 0 Å². The maximum atomic E-state index is 4.95. The molecule has 2 aromatic carbocycles. The zero-order valence-corrected chi connectivity index (χ0v) is 19.1. The average Bonchev–Trinajstić information content (AvgIpc) is 3.58. The van der Waals surface area contributed by atoms with Crippen LogP contribution in [0.3, 0.4) is 0 Å². The Morgan fingerprint density at radius 2 is 1.12 bits per heavy atom. The highest BCUT2D eigenvalue weighted by atomic mass is 15.3. The summed E-state index contributed by atoms with van der Waals surface area (Å²) in [5, 5.41) is 0. The first kappa shape index (κ1) is 19.9. The first-order valence-corrected chi connectivity index (χ1v) is 12.0. The third-order valence-corrected chi connectivity index (χ3v) is 7.72. The van der Waals surface area contributed by atoms with E-state index in [1.165, 1.54) is 61.5 Å². The molecule has 2 aromatic heterocycles. The average molecular weight is 429 g/mol. The van der Waals surface area contributed by atoms with Crippen LogP contribution in [0.25, 0.3) is 22.1 Å². The Bertz CT molecular complexity index is 1160. The van der Waals surface area contributed by atoms with Gasteiger partial charge in [-0.2, -0.15) is 0 Å². The Labute approximate surface area is 189 Å². The number of aromatic nitrogens is 4. The van der Waals surface area contributed by atoms with Crippen molar-refractivity contribution in [2.24, 2.45) is 14.1 Å². The third-order valence-electron chi connectivity index (χ3n) is 7.72. The maximum Gasteiger partial charge on any atom is 0.123 e. The smallest absolute Gasteiger partial charge is 0.123 e. The molecule has 4 aromatic rings. The minimum absolute atomic E-state index is 0.604. The second kappa shape index (κ2) is 8.01. The zero-order chi connectivity index (χ0) is 21.7. The predicted molar refractivity (Wildman–Crippen MR) is 128 cm³/mol. The van der Waals surface area contributed by atoms with Gasteiger partial charge in [0.25, 0.3) is 0 Å².